The van der Waals surface area contributed by atoms with Gasteiger partial charge in [-0.3, -0.25) is 14.4 Å². The van der Waals surface area contributed by atoms with Crippen LogP contribution < -0.4 is 10.2 Å². The maximum absolute atomic E-state index is 12.4. The Balaban J connectivity index is 1.23. The number of rotatable bonds is 5. The number of ketones is 1. The minimum absolute atomic E-state index is 0.00610. The van der Waals surface area contributed by atoms with E-state index in [0.29, 0.717) is 24.3 Å². The number of carbonyl (C=O) groups is 3. The fourth-order valence-corrected chi connectivity index (χ4v) is 5.21. The van der Waals surface area contributed by atoms with Crippen LogP contribution in [0.5, 0.6) is 0 Å². The van der Waals surface area contributed by atoms with E-state index in [0.717, 1.165) is 32.4 Å². The molecule has 30 heavy (non-hydrogen) atoms. The zero-order valence-corrected chi connectivity index (χ0v) is 17.6. The van der Waals surface area contributed by atoms with Crippen molar-refractivity contribution < 1.29 is 19.1 Å². The average Bonchev–Trinajstić information content (AvgIpc) is 3.02. The smallest absolute Gasteiger partial charge is 0.309 e. The maximum atomic E-state index is 12.4. The Kier molecular flexibility index (Phi) is 6.70. The van der Waals surface area contributed by atoms with Crippen molar-refractivity contribution in [2.45, 2.75) is 57.8 Å². The third-order valence-corrected chi connectivity index (χ3v) is 6.85. The first-order valence-electron chi connectivity index (χ1n) is 11.5. The van der Waals surface area contributed by atoms with E-state index in [9.17, 15) is 14.4 Å². The normalized spacial score (nSPS) is 26.6. The Morgan fingerprint density at radius 2 is 1.57 bits per heavy atom. The fraction of sp³-hybridized carbons (Fsp3) is 0.625. The number of Topliss-reactive ketones (excluding diaryl/α,β-unsaturated/α-hetero) is 1. The SMILES string of the molecule is O=C(COC(=O)C1C[C@H]2CCC[C@@H](C1)C2=O)Nc1ccc(N2CCCCCC2)cc1. The van der Waals surface area contributed by atoms with Crippen LogP contribution in [-0.4, -0.2) is 37.4 Å². The molecule has 1 aromatic rings. The molecule has 162 valence electrons. The van der Waals surface area contributed by atoms with E-state index in [2.05, 4.69) is 10.2 Å². The lowest BCUT2D eigenvalue weighted by Crippen LogP contribution is -2.40. The van der Waals surface area contributed by atoms with Gasteiger partial charge in [0.05, 0.1) is 5.92 Å². The van der Waals surface area contributed by atoms with Crippen LogP contribution >= 0.6 is 0 Å². The van der Waals surface area contributed by atoms with E-state index >= 15 is 0 Å². The van der Waals surface area contributed by atoms with Crippen LogP contribution in [0.15, 0.2) is 24.3 Å². The summed E-state index contributed by atoms with van der Waals surface area (Å²) in [6.45, 7) is 1.87. The molecule has 6 nitrogen and oxygen atoms in total. The second kappa shape index (κ2) is 9.63. The zero-order valence-electron chi connectivity index (χ0n) is 17.6. The van der Waals surface area contributed by atoms with Crippen molar-refractivity contribution in [3.8, 4) is 0 Å². The number of nitrogens with one attached hydrogen (secondary N) is 1. The Labute approximate surface area is 178 Å². The molecule has 1 amide bonds. The van der Waals surface area contributed by atoms with Gasteiger partial charge in [-0.15, -0.1) is 0 Å². The highest BCUT2D eigenvalue weighted by Gasteiger charge is 2.41. The standard InChI is InChI=1S/C24H32N2O4/c27-22(16-30-24(29)19-14-17-6-5-7-18(15-19)23(17)28)25-20-8-10-21(11-9-20)26-12-3-1-2-4-13-26/h8-11,17-19H,1-7,12-16H2,(H,25,27)/t17-,18+,19?. The predicted octanol–water partition coefficient (Wildman–Crippen LogP) is 3.94. The summed E-state index contributed by atoms with van der Waals surface area (Å²) in [6.07, 6.45) is 9.02. The Bertz CT molecular complexity index is 752. The molecule has 3 aliphatic rings. The van der Waals surface area contributed by atoms with Crippen LogP contribution in [0.4, 0.5) is 11.4 Å². The van der Waals surface area contributed by atoms with Gasteiger partial charge in [-0.05, 0) is 62.8 Å². The molecular formula is C24H32N2O4. The lowest BCUT2D eigenvalue weighted by atomic mass is 9.67. The van der Waals surface area contributed by atoms with Crippen LogP contribution in [-0.2, 0) is 19.1 Å². The summed E-state index contributed by atoms with van der Waals surface area (Å²) >= 11 is 0. The number of anilines is 2. The second-order valence-electron chi connectivity index (χ2n) is 9.00. The number of ether oxygens (including phenoxy) is 1. The molecule has 0 aromatic heterocycles. The number of fused-ring (bicyclic) bond motifs is 2. The molecule has 1 aliphatic heterocycles. The molecule has 1 aromatic carbocycles. The highest BCUT2D eigenvalue weighted by molar-refractivity contribution is 5.93. The number of benzene rings is 1. The zero-order chi connectivity index (χ0) is 20.9. The van der Waals surface area contributed by atoms with Crippen molar-refractivity contribution in [1.82, 2.24) is 0 Å². The van der Waals surface area contributed by atoms with Crippen LogP contribution in [0.25, 0.3) is 0 Å². The van der Waals surface area contributed by atoms with Gasteiger partial charge in [0.15, 0.2) is 6.61 Å². The summed E-state index contributed by atoms with van der Waals surface area (Å²) in [4.78, 5) is 39.2. The molecule has 1 N–H and O–H groups in total. The summed E-state index contributed by atoms with van der Waals surface area (Å²) in [6, 6.07) is 7.86. The summed E-state index contributed by atoms with van der Waals surface area (Å²) in [5.74, 6) is -0.590. The first-order chi connectivity index (χ1) is 14.6. The van der Waals surface area contributed by atoms with Gasteiger partial charge in [0, 0.05) is 36.3 Å². The molecule has 1 saturated heterocycles. The van der Waals surface area contributed by atoms with Gasteiger partial charge >= 0.3 is 5.97 Å². The summed E-state index contributed by atoms with van der Waals surface area (Å²) in [5.41, 5.74) is 1.88. The molecule has 3 atom stereocenters. The number of hydrogen-bond donors (Lipinski definition) is 1. The van der Waals surface area contributed by atoms with Crippen LogP contribution in [0.3, 0.4) is 0 Å². The molecule has 0 spiro atoms. The third kappa shape index (κ3) is 5.02. The number of carbonyl (C=O) groups excluding carboxylic acids is 3. The van der Waals surface area contributed by atoms with E-state index in [4.69, 9.17) is 4.74 Å². The number of nitrogens with zero attached hydrogens (tertiary/aromatic N) is 1. The molecule has 3 fully saturated rings. The topological polar surface area (TPSA) is 75.7 Å². The average molecular weight is 413 g/mol. The molecule has 2 saturated carbocycles. The molecule has 1 unspecified atom stereocenters. The Hall–Kier alpha value is -2.37. The Morgan fingerprint density at radius 3 is 2.20 bits per heavy atom. The molecule has 1 heterocycles. The maximum Gasteiger partial charge on any atom is 0.309 e. The highest BCUT2D eigenvalue weighted by Crippen LogP contribution is 2.40. The van der Waals surface area contributed by atoms with Crippen molar-refractivity contribution in [1.29, 1.82) is 0 Å². The lowest BCUT2D eigenvalue weighted by Gasteiger charge is -2.36. The van der Waals surface area contributed by atoms with Gasteiger partial charge in [0.1, 0.15) is 5.78 Å². The number of esters is 1. The molecule has 0 radical (unpaired) electrons. The number of hydrogen-bond acceptors (Lipinski definition) is 5. The van der Waals surface area contributed by atoms with Gasteiger partial charge in [0.2, 0.25) is 0 Å². The van der Waals surface area contributed by atoms with E-state index in [-0.39, 0.29) is 36.2 Å². The van der Waals surface area contributed by atoms with Crippen molar-refractivity contribution in [2.75, 3.05) is 29.9 Å². The quantitative estimate of drug-likeness (QED) is 0.742. The molecule has 2 aliphatic carbocycles. The largest absolute Gasteiger partial charge is 0.455 e. The lowest BCUT2D eigenvalue weighted by molar-refractivity contribution is -0.155. The van der Waals surface area contributed by atoms with Crippen LogP contribution in [0.1, 0.15) is 57.8 Å². The van der Waals surface area contributed by atoms with Crippen molar-refractivity contribution in [3.05, 3.63) is 24.3 Å². The molecule has 6 heteroatoms. The minimum Gasteiger partial charge on any atom is -0.455 e. The van der Waals surface area contributed by atoms with Crippen molar-refractivity contribution in [2.24, 2.45) is 17.8 Å². The van der Waals surface area contributed by atoms with Crippen molar-refractivity contribution in [3.63, 3.8) is 0 Å². The monoisotopic (exact) mass is 412 g/mol. The Morgan fingerprint density at radius 1 is 0.933 bits per heavy atom. The van der Waals surface area contributed by atoms with E-state index in [1.165, 1.54) is 31.4 Å². The molecular weight excluding hydrogens is 380 g/mol. The predicted molar refractivity (Wildman–Crippen MR) is 115 cm³/mol. The van der Waals surface area contributed by atoms with Crippen molar-refractivity contribution >= 4 is 29.0 Å². The van der Waals surface area contributed by atoms with E-state index < -0.39 is 0 Å². The first kappa shape index (κ1) is 20.9. The summed E-state index contributed by atoms with van der Waals surface area (Å²) in [5, 5.41) is 2.80. The summed E-state index contributed by atoms with van der Waals surface area (Å²) in [7, 11) is 0. The second-order valence-corrected chi connectivity index (χ2v) is 9.00. The van der Waals surface area contributed by atoms with Crippen LogP contribution in [0, 0.1) is 17.8 Å². The van der Waals surface area contributed by atoms with Gasteiger partial charge in [-0.25, -0.2) is 0 Å². The van der Waals surface area contributed by atoms with Gasteiger partial charge in [-0.2, -0.15) is 0 Å². The fourth-order valence-electron chi connectivity index (χ4n) is 5.21. The van der Waals surface area contributed by atoms with Gasteiger partial charge < -0.3 is 15.0 Å². The van der Waals surface area contributed by atoms with Gasteiger partial charge in [0.25, 0.3) is 5.91 Å². The molecule has 4 rings (SSSR count). The van der Waals surface area contributed by atoms with Crippen LogP contribution in [0.2, 0.25) is 0 Å². The van der Waals surface area contributed by atoms with Gasteiger partial charge in [-0.1, -0.05) is 19.3 Å². The summed E-state index contributed by atoms with van der Waals surface area (Å²) < 4.78 is 5.28. The highest BCUT2D eigenvalue weighted by atomic mass is 16.5. The van der Waals surface area contributed by atoms with E-state index in [1.54, 1.807) is 0 Å². The molecule has 2 bridgehead atoms. The minimum atomic E-state index is -0.342. The number of amides is 1. The first-order valence-corrected chi connectivity index (χ1v) is 11.5. The van der Waals surface area contributed by atoms with E-state index in [1.807, 2.05) is 24.3 Å². The third-order valence-electron chi connectivity index (χ3n) is 6.85.